The fourth-order valence-electron chi connectivity index (χ4n) is 4.21. The minimum absolute atomic E-state index is 0.339. The Morgan fingerprint density at radius 1 is 1.12 bits per heavy atom. The maximum Gasteiger partial charge on any atom is 0.490 e. The van der Waals surface area contributed by atoms with Crippen molar-refractivity contribution in [2.75, 3.05) is 18.8 Å². The molecule has 1 aliphatic heterocycles. The predicted octanol–water partition coefficient (Wildman–Crippen LogP) is 5.73. The number of ether oxygens (including phenoxy) is 1. The molecule has 1 fully saturated rings. The highest BCUT2D eigenvalue weighted by atomic mass is 35.5. The predicted molar refractivity (Wildman–Crippen MR) is 147 cm³/mol. The van der Waals surface area contributed by atoms with Gasteiger partial charge in [-0.15, -0.1) is 0 Å². The molecule has 0 amide bonds. The Hall–Kier alpha value is -4.69. The third kappa shape index (κ3) is 6.78. The van der Waals surface area contributed by atoms with Gasteiger partial charge >= 0.3 is 12.1 Å². The second-order valence-electron chi connectivity index (χ2n) is 9.21. The van der Waals surface area contributed by atoms with Crippen LogP contribution >= 0.6 is 11.6 Å². The lowest BCUT2D eigenvalue weighted by Crippen LogP contribution is -2.29. The molecular weight excluding hydrogens is 579 g/mol. The van der Waals surface area contributed by atoms with E-state index in [2.05, 4.69) is 31.6 Å². The summed E-state index contributed by atoms with van der Waals surface area (Å²) in [5.74, 6) is -1.09. The molecule has 15 heteroatoms. The number of nitrogen functional groups attached to an aromatic ring is 1. The summed E-state index contributed by atoms with van der Waals surface area (Å²) in [4.78, 5) is 22.1. The summed E-state index contributed by atoms with van der Waals surface area (Å²) in [6.07, 6.45) is 4.30. The van der Waals surface area contributed by atoms with Crippen LogP contribution in [0.3, 0.4) is 0 Å². The summed E-state index contributed by atoms with van der Waals surface area (Å²) in [5, 5.41) is 15.6. The lowest BCUT2D eigenvalue weighted by Gasteiger charge is -2.22. The van der Waals surface area contributed by atoms with Crippen molar-refractivity contribution < 1.29 is 32.2 Å². The Morgan fingerprint density at radius 3 is 2.60 bits per heavy atom. The molecule has 4 N–H and O–H groups in total. The molecule has 1 aromatic carbocycles. The molecule has 0 aliphatic carbocycles. The van der Waals surface area contributed by atoms with Crippen LogP contribution in [0.1, 0.15) is 18.9 Å². The number of anilines is 1. The molecule has 0 atom stereocenters. The van der Waals surface area contributed by atoms with Gasteiger partial charge in [-0.25, -0.2) is 19.7 Å². The Morgan fingerprint density at radius 2 is 1.88 bits per heavy atom. The fraction of sp³-hybridized carbons (Fsp3) is 0.222. The number of alkyl halides is 3. The first-order chi connectivity index (χ1) is 20.1. The first kappa shape index (κ1) is 28.8. The van der Waals surface area contributed by atoms with Crippen LogP contribution in [0.4, 0.5) is 19.0 Å². The van der Waals surface area contributed by atoms with Crippen molar-refractivity contribution in [3.8, 4) is 34.2 Å². The molecule has 0 saturated carbocycles. The zero-order chi connectivity index (χ0) is 29.9. The smallest absolute Gasteiger partial charge is 0.475 e. The Labute approximate surface area is 241 Å². The lowest BCUT2D eigenvalue weighted by atomic mass is 10.1. The zero-order valence-electron chi connectivity index (χ0n) is 21.7. The highest BCUT2D eigenvalue weighted by Crippen LogP contribution is 2.33. The summed E-state index contributed by atoms with van der Waals surface area (Å²) < 4.78 is 45.6. The van der Waals surface area contributed by atoms with E-state index in [1.54, 1.807) is 36.7 Å². The molecule has 0 radical (unpaired) electrons. The quantitative estimate of drug-likeness (QED) is 0.227. The van der Waals surface area contributed by atoms with Crippen LogP contribution in [-0.2, 0) is 4.79 Å². The second-order valence-corrected chi connectivity index (χ2v) is 9.65. The average Bonchev–Trinajstić information content (AvgIpc) is 3.61. The molecule has 1 aliphatic rings. The summed E-state index contributed by atoms with van der Waals surface area (Å²) in [5.41, 5.74) is 9.92. The lowest BCUT2D eigenvalue weighted by molar-refractivity contribution is -0.192. The third-order valence-corrected chi connectivity index (χ3v) is 6.52. The summed E-state index contributed by atoms with van der Waals surface area (Å²) in [6, 6.07) is 11.0. The Bertz CT molecular complexity index is 1720. The van der Waals surface area contributed by atoms with Crippen LogP contribution in [0.25, 0.3) is 33.7 Å². The number of rotatable bonds is 5. The van der Waals surface area contributed by atoms with Crippen LogP contribution in [0.5, 0.6) is 11.6 Å². The number of nitrogens with one attached hydrogen (secondary N) is 1. The maximum atomic E-state index is 10.6. The van der Waals surface area contributed by atoms with E-state index in [1.165, 1.54) is 0 Å². The average molecular weight is 602 g/mol. The number of piperidine rings is 1. The van der Waals surface area contributed by atoms with Crippen molar-refractivity contribution in [3.63, 3.8) is 0 Å². The van der Waals surface area contributed by atoms with Gasteiger partial charge in [0.1, 0.15) is 17.1 Å². The van der Waals surface area contributed by atoms with Crippen molar-refractivity contribution >= 4 is 34.5 Å². The molecule has 5 aromatic rings. The second kappa shape index (κ2) is 12.0. The number of nitrogens with two attached hydrogens (primary N) is 1. The van der Waals surface area contributed by atoms with E-state index >= 15 is 0 Å². The van der Waals surface area contributed by atoms with Crippen molar-refractivity contribution in [2.24, 2.45) is 0 Å². The number of oxazole rings is 1. The summed E-state index contributed by atoms with van der Waals surface area (Å²) in [7, 11) is 0. The number of carboxylic acids is 1. The van der Waals surface area contributed by atoms with Crippen molar-refractivity contribution in [1.82, 2.24) is 30.0 Å². The number of aromatic nitrogens is 5. The Kier molecular flexibility index (Phi) is 8.27. The van der Waals surface area contributed by atoms with Gasteiger partial charge in [-0.1, -0.05) is 11.6 Å². The number of nitrogens with zero attached hydrogens (tertiary/aromatic N) is 5. The molecule has 42 heavy (non-hydrogen) atoms. The number of halogens is 4. The van der Waals surface area contributed by atoms with E-state index < -0.39 is 12.1 Å². The topological polar surface area (TPSA) is 154 Å². The zero-order valence-corrected chi connectivity index (χ0v) is 22.4. The number of pyridine rings is 2. The monoisotopic (exact) mass is 601 g/mol. The molecule has 218 valence electrons. The maximum absolute atomic E-state index is 10.6. The minimum atomic E-state index is -5.08. The van der Waals surface area contributed by atoms with Gasteiger partial charge in [-0.3, -0.25) is 4.68 Å². The van der Waals surface area contributed by atoms with Gasteiger partial charge in [-0.05, 0) is 50.2 Å². The van der Waals surface area contributed by atoms with Crippen LogP contribution in [0.2, 0.25) is 5.02 Å². The van der Waals surface area contributed by atoms with E-state index in [1.807, 2.05) is 23.0 Å². The van der Waals surface area contributed by atoms with E-state index in [9.17, 15) is 13.2 Å². The van der Waals surface area contributed by atoms with Gasteiger partial charge in [0.2, 0.25) is 11.8 Å². The highest BCUT2D eigenvalue weighted by molar-refractivity contribution is 6.30. The van der Waals surface area contributed by atoms with Crippen molar-refractivity contribution in [2.45, 2.75) is 25.1 Å². The van der Waals surface area contributed by atoms with E-state index in [-0.39, 0.29) is 0 Å². The van der Waals surface area contributed by atoms with Crippen LogP contribution < -0.4 is 15.8 Å². The van der Waals surface area contributed by atoms with Gasteiger partial charge in [0.25, 0.3) is 0 Å². The summed E-state index contributed by atoms with van der Waals surface area (Å²) >= 11 is 6.02. The number of benzene rings is 1. The molecule has 5 heterocycles. The number of hydrogen-bond acceptors (Lipinski definition) is 9. The Balaban J connectivity index is 0.000000451. The van der Waals surface area contributed by atoms with Crippen LogP contribution in [0, 0.1) is 0 Å². The third-order valence-electron chi connectivity index (χ3n) is 6.29. The van der Waals surface area contributed by atoms with Gasteiger partial charge in [0.15, 0.2) is 5.58 Å². The molecule has 6 rings (SSSR count). The van der Waals surface area contributed by atoms with E-state index in [0.717, 1.165) is 37.1 Å². The van der Waals surface area contributed by atoms with E-state index in [0.29, 0.717) is 51.1 Å². The number of carboxylic acid groups (broad SMARTS) is 1. The molecule has 1 saturated heterocycles. The number of carbonyl (C=O) groups is 1. The van der Waals surface area contributed by atoms with E-state index in [4.69, 9.17) is 36.4 Å². The molecule has 0 bridgehead atoms. The highest BCUT2D eigenvalue weighted by Gasteiger charge is 2.38. The minimum Gasteiger partial charge on any atom is -0.475 e. The molecular formula is C27H23ClF3N7O4. The molecule has 0 unspecified atom stereocenters. The first-order valence-electron chi connectivity index (χ1n) is 12.6. The van der Waals surface area contributed by atoms with Crippen molar-refractivity contribution in [3.05, 3.63) is 66.2 Å². The SMILES string of the molecule is Nc1ncc(-c2cnn(C3CCNCC3)c2)cc1-c1nc2ccc(Oc3cc(Cl)ccn3)cc2o1.O=C(O)C(F)(F)F. The van der Waals surface area contributed by atoms with Crippen LogP contribution in [-0.4, -0.2) is 55.1 Å². The van der Waals surface area contributed by atoms with Gasteiger partial charge in [0, 0.05) is 46.9 Å². The molecule has 11 nitrogen and oxygen atoms in total. The summed E-state index contributed by atoms with van der Waals surface area (Å²) in [6.45, 7) is 2.01. The van der Waals surface area contributed by atoms with Gasteiger partial charge < -0.3 is 25.3 Å². The normalized spacial score (nSPS) is 13.9. The van der Waals surface area contributed by atoms with Crippen LogP contribution in [0.15, 0.2) is 65.6 Å². The number of aliphatic carboxylic acids is 1. The molecule has 4 aromatic heterocycles. The number of hydrogen-bond donors (Lipinski definition) is 3. The standard InChI is InChI=1S/C25H22ClN7O2.C2HF3O2/c26-17-3-8-29-23(10-17)34-19-1-2-21-22(11-19)35-25(32-21)20-9-15(12-30-24(20)27)16-13-31-33(14-16)18-4-6-28-7-5-18;3-2(4,5)1(6)7/h1-3,8-14,18,28H,4-7H2,(H2,27,30);(H,6,7). The van der Waals surface area contributed by atoms with Gasteiger partial charge in [0.05, 0.1) is 17.8 Å². The fourth-order valence-corrected chi connectivity index (χ4v) is 4.36. The largest absolute Gasteiger partial charge is 0.490 e. The number of fused-ring (bicyclic) bond motifs is 1. The van der Waals surface area contributed by atoms with Gasteiger partial charge in [-0.2, -0.15) is 18.3 Å². The van der Waals surface area contributed by atoms with Crippen molar-refractivity contribution in [1.29, 1.82) is 0 Å². The first-order valence-corrected chi connectivity index (χ1v) is 13.0. The molecule has 0 spiro atoms.